The fraction of sp³-hybridized carbons (Fsp3) is 0.231. The monoisotopic (exact) mass is 361 g/mol. The van der Waals surface area contributed by atoms with E-state index in [-0.39, 0.29) is 16.6 Å². The van der Waals surface area contributed by atoms with Gasteiger partial charge < -0.3 is 9.88 Å². The normalized spacial score (nSPS) is 11.5. The third kappa shape index (κ3) is 3.63. The number of hydrogen-bond acceptors (Lipinski definition) is 2. The lowest BCUT2D eigenvalue weighted by molar-refractivity contribution is -0.138. The van der Waals surface area contributed by atoms with Crippen LogP contribution in [0.3, 0.4) is 0 Å². The predicted molar refractivity (Wildman–Crippen MR) is 73.5 cm³/mol. The van der Waals surface area contributed by atoms with E-state index in [4.69, 9.17) is 0 Å². The van der Waals surface area contributed by atoms with Crippen LogP contribution in [0.2, 0.25) is 0 Å². The van der Waals surface area contributed by atoms with Crippen molar-refractivity contribution in [3.63, 3.8) is 0 Å². The fourth-order valence-corrected chi connectivity index (χ4v) is 2.19. The van der Waals surface area contributed by atoms with Crippen LogP contribution in [0.4, 0.5) is 13.2 Å². The highest BCUT2D eigenvalue weighted by Crippen LogP contribution is 2.34. The van der Waals surface area contributed by atoms with Crippen molar-refractivity contribution in [2.75, 3.05) is 7.05 Å². The summed E-state index contributed by atoms with van der Waals surface area (Å²) >= 11 is 2.98. The topological polar surface area (TPSA) is 49.0 Å². The molecule has 1 aromatic carbocycles. The van der Waals surface area contributed by atoms with Crippen molar-refractivity contribution in [1.29, 1.82) is 0 Å². The van der Waals surface area contributed by atoms with Crippen molar-refractivity contribution < 1.29 is 18.0 Å². The van der Waals surface area contributed by atoms with Gasteiger partial charge in [0, 0.05) is 23.9 Å². The lowest BCUT2D eigenvalue weighted by atomic mass is 10.1. The fourth-order valence-electron chi connectivity index (χ4n) is 1.82. The SMILES string of the molecule is CN(Cc1ncc[nH]1)C(=O)c1ccc(Br)cc1C(F)(F)F. The zero-order valence-electron chi connectivity index (χ0n) is 10.9. The van der Waals surface area contributed by atoms with Gasteiger partial charge in [-0.3, -0.25) is 4.79 Å². The van der Waals surface area contributed by atoms with E-state index in [9.17, 15) is 18.0 Å². The highest BCUT2D eigenvalue weighted by molar-refractivity contribution is 9.10. The van der Waals surface area contributed by atoms with Crippen LogP contribution in [0.1, 0.15) is 21.7 Å². The van der Waals surface area contributed by atoms with E-state index in [0.29, 0.717) is 5.82 Å². The van der Waals surface area contributed by atoms with Crippen molar-refractivity contribution in [3.05, 3.63) is 52.0 Å². The van der Waals surface area contributed by atoms with Crippen LogP contribution in [0.15, 0.2) is 35.1 Å². The molecule has 0 saturated heterocycles. The zero-order valence-corrected chi connectivity index (χ0v) is 12.5. The average Bonchev–Trinajstić information content (AvgIpc) is 2.89. The first-order valence-electron chi connectivity index (χ1n) is 5.89. The van der Waals surface area contributed by atoms with Gasteiger partial charge in [0.1, 0.15) is 5.82 Å². The molecule has 4 nitrogen and oxygen atoms in total. The summed E-state index contributed by atoms with van der Waals surface area (Å²) in [4.78, 5) is 20.1. The van der Waals surface area contributed by atoms with E-state index in [1.54, 1.807) is 6.20 Å². The molecule has 0 aliphatic rings. The molecule has 2 rings (SSSR count). The second-order valence-corrected chi connectivity index (χ2v) is 5.30. The van der Waals surface area contributed by atoms with Gasteiger partial charge in [0.2, 0.25) is 0 Å². The van der Waals surface area contributed by atoms with E-state index in [2.05, 4.69) is 25.9 Å². The molecule has 112 valence electrons. The van der Waals surface area contributed by atoms with Gasteiger partial charge in [-0.25, -0.2) is 4.98 Å². The van der Waals surface area contributed by atoms with E-state index >= 15 is 0 Å². The minimum Gasteiger partial charge on any atom is -0.347 e. The van der Waals surface area contributed by atoms with Gasteiger partial charge >= 0.3 is 6.18 Å². The Bertz CT molecular complexity index is 641. The van der Waals surface area contributed by atoms with E-state index in [1.807, 2.05) is 0 Å². The van der Waals surface area contributed by atoms with Crippen LogP contribution in [0.25, 0.3) is 0 Å². The molecule has 0 aliphatic carbocycles. The maximum Gasteiger partial charge on any atom is 0.417 e. The highest BCUT2D eigenvalue weighted by Gasteiger charge is 2.36. The summed E-state index contributed by atoms with van der Waals surface area (Å²) in [6.07, 6.45) is -1.51. The van der Waals surface area contributed by atoms with E-state index in [1.165, 1.54) is 24.2 Å². The van der Waals surface area contributed by atoms with Crippen LogP contribution in [-0.4, -0.2) is 27.8 Å². The number of aromatic nitrogens is 2. The molecule has 1 N–H and O–H groups in total. The smallest absolute Gasteiger partial charge is 0.347 e. The minimum atomic E-state index is -4.60. The van der Waals surface area contributed by atoms with Crippen molar-refractivity contribution >= 4 is 21.8 Å². The number of imidazole rings is 1. The molecule has 0 saturated carbocycles. The summed E-state index contributed by atoms with van der Waals surface area (Å²) in [5.41, 5.74) is -1.35. The van der Waals surface area contributed by atoms with E-state index < -0.39 is 17.6 Å². The van der Waals surface area contributed by atoms with Crippen molar-refractivity contribution in [1.82, 2.24) is 14.9 Å². The summed E-state index contributed by atoms with van der Waals surface area (Å²) in [5, 5.41) is 0. The maximum absolute atomic E-state index is 13.0. The van der Waals surface area contributed by atoms with Gasteiger partial charge in [-0.15, -0.1) is 0 Å². The minimum absolute atomic E-state index is 0.0964. The third-order valence-electron chi connectivity index (χ3n) is 2.81. The number of halogens is 4. The predicted octanol–water partition coefficient (Wildman–Crippen LogP) is 3.46. The van der Waals surface area contributed by atoms with Gasteiger partial charge in [-0.2, -0.15) is 13.2 Å². The number of alkyl halides is 3. The van der Waals surface area contributed by atoms with Crippen molar-refractivity contribution in [2.24, 2.45) is 0 Å². The molecule has 2 aromatic rings. The first kappa shape index (κ1) is 15.6. The molecule has 0 atom stereocenters. The quantitative estimate of drug-likeness (QED) is 0.909. The van der Waals surface area contributed by atoms with Crippen molar-refractivity contribution in [2.45, 2.75) is 12.7 Å². The molecule has 8 heteroatoms. The molecule has 0 spiro atoms. The van der Waals surface area contributed by atoms with Gasteiger partial charge in [-0.1, -0.05) is 15.9 Å². The van der Waals surface area contributed by atoms with Crippen LogP contribution >= 0.6 is 15.9 Å². The number of hydrogen-bond donors (Lipinski definition) is 1. The number of benzene rings is 1. The lowest BCUT2D eigenvalue weighted by Gasteiger charge is -2.19. The lowest BCUT2D eigenvalue weighted by Crippen LogP contribution is -2.29. The molecular weight excluding hydrogens is 351 g/mol. The van der Waals surface area contributed by atoms with Crippen LogP contribution in [0.5, 0.6) is 0 Å². The number of rotatable bonds is 3. The molecule has 0 aliphatic heterocycles. The molecular formula is C13H11BrF3N3O. The Morgan fingerprint density at radius 2 is 2.14 bits per heavy atom. The van der Waals surface area contributed by atoms with Gasteiger partial charge in [-0.05, 0) is 18.2 Å². The maximum atomic E-state index is 13.0. The highest BCUT2D eigenvalue weighted by atomic mass is 79.9. The van der Waals surface area contributed by atoms with Crippen molar-refractivity contribution in [3.8, 4) is 0 Å². The molecule has 0 fully saturated rings. The summed E-state index contributed by atoms with van der Waals surface area (Å²) in [6.45, 7) is 0.0964. The summed E-state index contributed by atoms with van der Waals surface area (Å²) < 4.78 is 39.3. The number of nitrogens with zero attached hydrogens (tertiary/aromatic N) is 2. The largest absolute Gasteiger partial charge is 0.417 e. The number of amides is 1. The third-order valence-corrected chi connectivity index (χ3v) is 3.30. The number of carbonyl (C=O) groups excluding carboxylic acids is 1. The van der Waals surface area contributed by atoms with Crippen LogP contribution < -0.4 is 0 Å². The molecule has 0 unspecified atom stereocenters. The van der Waals surface area contributed by atoms with Gasteiger partial charge in [0.15, 0.2) is 0 Å². The second-order valence-electron chi connectivity index (χ2n) is 4.38. The van der Waals surface area contributed by atoms with Gasteiger partial charge in [0.05, 0.1) is 17.7 Å². The summed E-state index contributed by atoms with van der Waals surface area (Å²) in [5.74, 6) is -0.220. The second kappa shape index (κ2) is 5.88. The van der Waals surface area contributed by atoms with Crippen LogP contribution in [0, 0.1) is 0 Å². The summed E-state index contributed by atoms with van der Waals surface area (Å²) in [6, 6.07) is 3.46. The first-order chi connectivity index (χ1) is 9.79. The molecule has 1 heterocycles. The molecule has 21 heavy (non-hydrogen) atoms. The molecule has 0 bridgehead atoms. The van der Waals surface area contributed by atoms with E-state index in [0.717, 1.165) is 12.1 Å². The Balaban J connectivity index is 2.30. The number of nitrogens with one attached hydrogen (secondary N) is 1. The Morgan fingerprint density at radius 3 is 2.71 bits per heavy atom. The standard InChI is InChI=1S/C13H11BrF3N3O/c1-20(7-11-18-4-5-19-11)12(21)9-3-2-8(14)6-10(9)13(15,16)17/h2-6H,7H2,1H3,(H,18,19). The summed E-state index contributed by atoms with van der Waals surface area (Å²) in [7, 11) is 1.42. The molecule has 0 radical (unpaired) electrons. The number of H-pyrrole nitrogens is 1. The molecule has 1 amide bonds. The number of carbonyl (C=O) groups is 1. The Kier molecular flexibility index (Phi) is 4.36. The molecule has 1 aromatic heterocycles. The first-order valence-corrected chi connectivity index (χ1v) is 6.69. The Labute approximate surface area is 127 Å². The Hall–Kier alpha value is -1.83. The number of aromatic amines is 1. The van der Waals surface area contributed by atoms with Crippen LogP contribution in [-0.2, 0) is 12.7 Å². The van der Waals surface area contributed by atoms with Gasteiger partial charge in [0.25, 0.3) is 5.91 Å². The Morgan fingerprint density at radius 1 is 1.43 bits per heavy atom. The average molecular weight is 362 g/mol. The zero-order chi connectivity index (χ0) is 15.6.